The van der Waals surface area contributed by atoms with E-state index in [4.69, 9.17) is 22.7 Å². The molecule has 18 heavy (non-hydrogen) atoms. The van der Waals surface area contributed by atoms with Crippen molar-refractivity contribution in [2.75, 3.05) is 26.8 Å². The Morgan fingerprint density at radius 1 is 1.50 bits per heavy atom. The van der Waals surface area contributed by atoms with Gasteiger partial charge in [-0.25, -0.2) is 0 Å². The number of nitrogens with zero attached hydrogens (tertiary/aromatic N) is 1. The Labute approximate surface area is 115 Å². The van der Waals surface area contributed by atoms with Gasteiger partial charge in [-0.1, -0.05) is 26.1 Å². The monoisotopic (exact) mass is 272 g/mol. The summed E-state index contributed by atoms with van der Waals surface area (Å²) in [7, 11) is 1.70. The number of hydrogen-bond acceptors (Lipinski definition) is 3. The van der Waals surface area contributed by atoms with Crippen molar-refractivity contribution in [2.24, 2.45) is 17.1 Å². The van der Waals surface area contributed by atoms with E-state index >= 15 is 0 Å². The number of likely N-dealkylation sites (tertiary alicyclic amines) is 1. The lowest BCUT2D eigenvalue weighted by molar-refractivity contribution is -0.137. The Hall–Kier alpha value is -0.680. The zero-order valence-corrected chi connectivity index (χ0v) is 12.4. The third kappa shape index (κ3) is 2.83. The highest BCUT2D eigenvalue weighted by atomic mass is 32.1. The van der Waals surface area contributed by atoms with Crippen LogP contribution in [0.2, 0.25) is 0 Å². The number of ether oxygens (including phenoxy) is 1. The summed E-state index contributed by atoms with van der Waals surface area (Å²) >= 11 is 5.13. The first kappa shape index (κ1) is 15.4. The van der Waals surface area contributed by atoms with E-state index in [-0.39, 0.29) is 5.91 Å². The molecular formula is C13H24N2O2S. The fourth-order valence-corrected chi connectivity index (χ4v) is 3.07. The molecule has 1 amide bonds. The summed E-state index contributed by atoms with van der Waals surface area (Å²) in [6.07, 6.45) is 2.34. The molecule has 0 bridgehead atoms. The van der Waals surface area contributed by atoms with Crippen LogP contribution >= 0.6 is 12.2 Å². The van der Waals surface area contributed by atoms with Crippen LogP contribution in [0.25, 0.3) is 0 Å². The fourth-order valence-electron chi connectivity index (χ4n) is 2.70. The smallest absolute Gasteiger partial charge is 0.235 e. The minimum atomic E-state index is -0.655. The molecule has 4 nitrogen and oxygen atoms in total. The molecule has 0 radical (unpaired) electrons. The molecule has 5 heteroatoms. The number of hydrogen-bond donors (Lipinski definition) is 1. The summed E-state index contributed by atoms with van der Waals surface area (Å²) in [6, 6.07) is 0. The minimum Gasteiger partial charge on any atom is -0.392 e. The lowest BCUT2D eigenvalue weighted by Crippen LogP contribution is -2.49. The Balaban J connectivity index is 2.77. The van der Waals surface area contributed by atoms with Gasteiger partial charge in [0.1, 0.15) is 0 Å². The molecule has 1 aliphatic heterocycles. The van der Waals surface area contributed by atoms with Crippen LogP contribution in [0, 0.1) is 11.3 Å². The first-order valence-corrected chi connectivity index (χ1v) is 7.00. The van der Waals surface area contributed by atoms with Gasteiger partial charge < -0.3 is 15.4 Å². The first-order chi connectivity index (χ1) is 8.51. The summed E-state index contributed by atoms with van der Waals surface area (Å²) in [6.45, 7) is 6.21. The third-order valence-corrected chi connectivity index (χ3v) is 4.45. The second-order valence-electron chi connectivity index (χ2n) is 5.01. The van der Waals surface area contributed by atoms with Crippen LogP contribution in [-0.2, 0) is 9.53 Å². The van der Waals surface area contributed by atoms with Crippen molar-refractivity contribution in [3.63, 3.8) is 0 Å². The fraction of sp³-hybridized carbons (Fsp3) is 0.846. The highest BCUT2D eigenvalue weighted by molar-refractivity contribution is 7.80. The number of rotatable bonds is 6. The molecule has 1 heterocycles. The van der Waals surface area contributed by atoms with Crippen LogP contribution in [0.4, 0.5) is 0 Å². The zero-order chi connectivity index (χ0) is 13.8. The third-order valence-electron chi connectivity index (χ3n) is 4.06. The molecule has 1 fully saturated rings. The lowest BCUT2D eigenvalue weighted by atomic mass is 9.81. The van der Waals surface area contributed by atoms with Gasteiger partial charge in [0.25, 0.3) is 0 Å². The molecule has 0 aromatic heterocycles. The molecular weight excluding hydrogens is 248 g/mol. The van der Waals surface area contributed by atoms with E-state index in [1.807, 2.05) is 18.7 Å². The maximum Gasteiger partial charge on any atom is 0.235 e. The minimum absolute atomic E-state index is 0.0959. The molecule has 0 aliphatic carbocycles. The second-order valence-corrected chi connectivity index (χ2v) is 5.45. The molecule has 1 atom stereocenters. The molecule has 104 valence electrons. The highest BCUT2D eigenvalue weighted by Crippen LogP contribution is 2.32. The molecule has 0 aromatic carbocycles. The Morgan fingerprint density at radius 3 is 2.56 bits per heavy atom. The van der Waals surface area contributed by atoms with E-state index in [1.165, 1.54) is 0 Å². The SMILES string of the molecule is CCC(CC)(C(=O)N1CCC(COC)C1)C(N)=S. The number of nitrogens with two attached hydrogens (primary N) is 1. The number of thiocarbonyl (C=S) groups is 1. The average molecular weight is 272 g/mol. The maximum absolute atomic E-state index is 12.6. The highest BCUT2D eigenvalue weighted by Gasteiger charge is 2.42. The van der Waals surface area contributed by atoms with Gasteiger partial charge in [-0.15, -0.1) is 0 Å². The second kappa shape index (κ2) is 6.48. The first-order valence-electron chi connectivity index (χ1n) is 6.60. The van der Waals surface area contributed by atoms with E-state index in [1.54, 1.807) is 7.11 Å². The molecule has 1 saturated heterocycles. The van der Waals surface area contributed by atoms with Gasteiger partial charge in [0, 0.05) is 26.1 Å². The van der Waals surface area contributed by atoms with E-state index in [0.717, 1.165) is 19.5 Å². The predicted octanol–water partition coefficient (Wildman–Crippen LogP) is 1.57. The van der Waals surface area contributed by atoms with Gasteiger partial charge in [0.15, 0.2) is 0 Å². The van der Waals surface area contributed by atoms with Crippen molar-refractivity contribution in [3.8, 4) is 0 Å². The van der Waals surface area contributed by atoms with Crippen LogP contribution in [0.3, 0.4) is 0 Å². The number of carbonyl (C=O) groups excluding carboxylic acids is 1. The topological polar surface area (TPSA) is 55.6 Å². The summed E-state index contributed by atoms with van der Waals surface area (Å²) in [4.78, 5) is 14.9. The van der Waals surface area contributed by atoms with Crippen LogP contribution in [0.5, 0.6) is 0 Å². The van der Waals surface area contributed by atoms with Crippen molar-refractivity contribution in [1.29, 1.82) is 0 Å². The summed E-state index contributed by atoms with van der Waals surface area (Å²) in [5, 5.41) is 0. The van der Waals surface area contributed by atoms with Crippen LogP contribution in [-0.4, -0.2) is 42.6 Å². The maximum atomic E-state index is 12.6. The molecule has 2 N–H and O–H groups in total. The van der Waals surface area contributed by atoms with Crippen molar-refractivity contribution in [2.45, 2.75) is 33.1 Å². The van der Waals surface area contributed by atoms with Crippen LogP contribution in [0.1, 0.15) is 33.1 Å². The molecule has 0 aromatic rings. The summed E-state index contributed by atoms with van der Waals surface area (Å²) < 4.78 is 5.15. The van der Waals surface area contributed by atoms with Gasteiger partial charge in [-0.05, 0) is 19.3 Å². The van der Waals surface area contributed by atoms with Crippen LogP contribution in [0.15, 0.2) is 0 Å². The Morgan fingerprint density at radius 2 is 2.11 bits per heavy atom. The molecule has 0 saturated carbocycles. The predicted molar refractivity (Wildman–Crippen MR) is 76.4 cm³/mol. The van der Waals surface area contributed by atoms with E-state index in [0.29, 0.717) is 30.4 Å². The van der Waals surface area contributed by atoms with E-state index in [9.17, 15) is 4.79 Å². The van der Waals surface area contributed by atoms with Gasteiger partial charge >= 0.3 is 0 Å². The normalized spacial score (nSPS) is 20.2. The number of carbonyl (C=O) groups is 1. The average Bonchev–Trinajstić information content (AvgIpc) is 2.80. The van der Waals surface area contributed by atoms with Crippen molar-refractivity contribution in [1.82, 2.24) is 4.90 Å². The summed E-state index contributed by atoms with van der Waals surface area (Å²) in [5.74, 6) is 0.537. The van der Waals surface area contributed by atoms with Gasteiger partial charge in [-0.2, -0.15) is 0 Å². The lowest BCUT2D eigenvalue weighted by Gasteiger charge is -2.33. The molecule has 1 rings (SSSR count). The quantitative estimate of drug-likeness (QED) is 0.746. The van der Waals surface area contributed by atoms with Crippen molar-refractivity contribution in [3.05, 3.63) is 0 Å². The Kier molecular flexibility index (Phi) is 5.53. The van der Waals surface area contributed by atoms with E-state index in [2.05, 4.69) is 0 Å². The van der Waals surface area contributed by atoms with Gasteiger partial charge in [-0.3, -0.25) is 4.79 Å². The molecule has 1 aliphatic rings. The summed E-state index contributed by atoms with van der Waals surface area (Å²) in [5.41, 5.74) is 5.16. The van der Waals surface area contributed by atoms with Gasteiger partial charge in [0.2, 0.25) is 5.91 Å². The number of amides is 1. The molecule has 0 spiro atoms. The largest absolute Gasteiger partial charge is 0.392 e. The zero-order valence-electron chi connectivity index (χ0n) is 11.6. The standard InChI is InChI=1S/C13H24N2O2S/c1-4-13(5-2,11(14)18)12(16)15-7-6-10(8-15)9-17-3/h10H,4-9H2,1-3H3,(H2,14,18). The Bertz CT molecular complexity index is 316. The van der Waals surface area contributed by atoms with Crippen LogP contribution < -0.4 is 5.73 Å². The van der Waals surface area contributed by atoms with Crippen molar-refractivity contribution >= 4 is 23.1 Å². The molecule has 1 unspecified atom stereocenters. The number of methoxy groups -OCH3 is 1. The van der Waals surface area contributed by atoms with Crippen molar-refractivity contribution < 1.29 is 9.53 Å². The van der Waals surface area contributed by atoms with Gasteiger partial charge in [0.05, 0.1) is 17.0 Å². The van der Waals surface area contributed by atoms with E-state index < -0.39 is 5.41 Å².